The molecular weight excluding hydrogens is 577 g/mol. The molecule has 4 N–H and O–H groups in total. The van der Waals surface area contributed by atoms with Gasteiger partial charge in [0.05, 0.1) is 10.8 Å². The molecule has 2 amide bonds. The summed E-state index contributed by atoms with van der Waals surface area (Å²) in [6.07, 6.45) is -1.00. The van der Waals surface area contributed by atoms with Crippen molar-refractivity contribution >= 4 is 46.1 Å². The van der Waals surface area contributed by atoms with Crippen molar-refractivity contribution in [2.45, 2.75) is 30.9 Å². The van der Waals surface area contributed by atoms with E-state index >= 15 is 0 Å². The van der Waals surface area contributed by atoms with Gasteiger partial charge in [0.1, 0.15) is 11.9 Å². The molecule has 40 heavy (non-hydrogen) atoms. The number of benzene rings is 3. The van der Waals surface area contributed by atoms with Gasteiger partial charge < -0.3 is 15.7 Å². The second-order valence-corrected chi connectivity index (χ2v) is 11.6. The van der Waals surface area contributed by atoms with E-state index in [0.29, 0.717) is 41.4 Å². The fourth-order valence-corrected chi connectivity index (χ4v) is 5.69. The Morgan fingerprint density at radius 3 is 2.45 bits per heavy atom. The summed E-state index contributed by atoms with van der Waals surface area (Å²) in [7, 11) is -4.30. The highest BCUT2D eigenvalue weighted by atomic mass is 35.5. The van der Waals surface area contributed by atoms with Crippen LogP contribution in [0.2, 0.25) is 5.02 Å². The molecule has 0 fully saturated rings. The van der Waals surface area contributed by atoms with E-state index in [0.717, 1.165) is 12.5 Å². The Hall–Kier alpha value is -2.96. The van der Waals surface area contributed by atoms with Crippen LogP contribution < -0.4 is 15.4 Å². The Kier molecular flexibility index (Phi) is 11.5. The van der Waals surface area contributed by atoms with Gasteiger partial charge in [0.25, 0.3) is 15.9 Å². The molecule has 3 aromatic rings. The topological polar surface area (TPSA) is 125 Å². The maximum absolute atomic E-state index is 14.9. The average Bonchev–Trinajstić information content (AvgIpc) is 2.92. The zero-order valence-corrected chi connectivity index (χ0v) is 24.2. The highest BCUT2D eigenvalue weighted by Gasteiger charge is 2.24. The average molecular weight is 608 g/mol. The first-order chi connectivity index (χ1) is 19.0. The van der Waals surface area contributed by atoms with Crippen LogP contribution >= 0.6 is 24.2 Å². The maximum atomic E-state index is 14.9. The summed E-state index contributed by atoms with van der Waals surface area (Å²) < 4.78 is 42.2. The molecule has 0 aromatic heterocycles. The molecule has 0 aliphatic rings. The van der Waals surface area contributed by atoms with Gasteiger partial charge >= 0.3 is 0 Å². The molecule has 0 bridgehead atoms. The molecule has 0 aliphatic carbocycles. The molecule has 0 heterocycles. The number of thiol groups is 1. The number of carbonyl (C=O) groups is 2. The van der Waals surface area contributed by atoms with E-state index in [1.54, 1.807) is 18.2 Å². The molecule has 214 valence electrons. The monoisotopic (exact) mass is 607 g/mol. The summed E-state index contributed by atoms with van der Waals surface area (Å²) in [5, 5.41) is 15.9. The first-order valence-corrected chi connectivity index (χ1v) is 15.0. The summed E-state index contributed by atoms with van der Waals surface area (Å²) in [6, 6.07) is 17.5. The van der Waals surface area contributed by atoms with E-state index in [4.69, 9.17) is 11.6 Å². The molecule has 3 rings (SSSR count). The summed E-state index contributed by atoms with van der Waals surface area (Å²) in [5.74, 6) is -1.70. The minimum Gasteiger partial charge on any atom is -0.384 e. The Bertz CT molecular complexity index is 1450. The minimum absolute atomic E-state index is 0.134. The van der Waals surface area contributed by atoms with Crippen molar-refractivity contribution < 1.29 is 27.5 Å². The van der Waals surface area contributed by atoms with Crippen LogP contribution in [0, 0.1) is 11.7 Å². The largest absolute Gasteiger partial charge is 0.384 e. The van der Waals surface area contributed by atoms with Crippen molar-refractivity contribution in [3.63, 3.8) is 0 Å². The molecule has 2 atom stereocenters. The summed E-state index contributed by atoms with van der Waals surface area (Å²) in [5.41, 5.74) is 1.80. The molecule has 8 nitrogen and oxygen atoms in total. The van der Waals surface area contributed by atoms with Gasteiger partial charge in [0, 0.05) is 41.5 Å². The number of aliphatic hydroxyl groups is 1. The molecule has 12 heteroatoms. The fraction of sp³-hybridized carbons (Fsp3) is 0.286. The van der Waals surface area contributed by atoms with Crippen molar-refractivity contribution in [2.24, 2.45) is 5.92 Å². The van der Waals surface area contributed by atoms with Crippen molar-refractivity contribution in [3.05, 3.63) is 88.7 Å². The van der Waals surface area contributed by atoms with Crippen molar-refractivity contribution in [3.8, 4) is 11.1 Å². The first-order valence-electron chi connectivity index (χ1n) is 12.5. The predicted octanol–water partition coefficient (Wildman–Crippen LogP) is 3.33. The molecule has 0 saturated heterocycles. The van der Waals surface area contributed by atoms with E-state index in [1.165, 1.54) is 30.3 Å². The highest BCUT2D eigenvalue weighted by molar-refractivity contribution is 7.90. The Labute approximate surface area is 243 Å². The van der Waals surface area contributed by atoms with Crippen molar-refractivity contribution in [1.82, 2.24) is 15.4 Å². The molecule has 3 aromatic carbocycles. The van der Waals surface area contributed by atoms with Crippen LogP contribution in [0.3, 0.4) is 0 Å². The van der Waals surface area contributed by atoms with Gasteiger partial charge in [-0.05, 0) is 48.7 Å². The molecule has 0 spiro atoms. The van der Waals surface area contributed by atoms with Gasteiger partial charge in [-0.25, -0.2) is 17.5 Å². The van der Waals surface area contributed by atoms with Gasteiger partial charge in [-0.1, -0.05) is 54.1 Å². The summed E-state index contributed by atoms with van der Waals surface area (Å²) in [6.45, 7) is 2.06. The lowest BCUT2D eigenvalue weighted by molar-refractivity contribution is -0.126. The zero-order valence-electron chi connectivity index (χ0n) is 21.7. The van der Waals surface area contributed by atoms with Crippen LogP contribution in [0.1, 0.15) is 18.1 Å². The first kappa shape index (κ1) is 31.6. The minimum atomic E-state index is -4.30. The van der Waals surface area contributed by atoms with E-state index in [1.807, 2.05) is 22.9 Å². The Morgan fingerprint density at radius 1 is 1.02 bits per heavy atom. The third-order valence-electron chi connectivity index (χ3n) is 6.03. The number of sulfonamides is 1. The number of carbonyl (C=O) groups excluding carboxylic acids is 2. The van der Waals surface area contributed by atoms with Gasteiger partial charge in [0.15, 0.2) is 0 Å². The van der Waals surface area contributed by atoms with Crippen molar-refractivity contribution in [1.29, 1.82) is 0 Å². The van der Waals surface area contributed by atoms with E-state index < -0.39 is 27.9 Å². The third kappa shape index (κ3) is 8.77. The van der Waals surface area contributed by atoms with Crippen LogP contribution in [0.15, 0.2) is 71.6 Å². The number of rotatable bonds is 13. The second kappa shape index (κ2) is 14.6. The molecule has 0 saturated carbocycles. The number of halogens is 2. The molecular formula is C28H31ClFN3O5S2. The zero-order chi connectivity index (χ0) is 29.3. The lowest BCUT2D eigenvalue weighted by atomic mass is 10.0. The number of amides is 2. The lowest BCUT2D eigenvalue weighted by Gasteiger charge is -2.15. The van der Waals surface area contributed by atoms with Gasteiger partial charge in [-0.2, -0.15) is 12.6 Å². The van der Waals surface area contributed by atoms with Crippen LogP contribution in [0.5, 0.6) is 0 Å². The maximum Gasteiger partial charge on any atom is 0.264 e. The van der Waals surface area contributed by atoms with E-state index in [-0.39, 0.29) is 28.8 Å². The Balaban J connectivity index is 1.56. The fourth-order valence-electron chi connectivity index (χ4n) is 3.90. The van der Waals surface area contributed by atoms with Crippen LogP contribution in [0.25, 0.3) is 11.1 Å². The molecule has 0 aliphatic heterocycles. The standard InChI is InChI=1S/C28H31ClFN3O5S2/c1-18(34)27(35)33-40(37,38)26-8-3-2-7-24(26)20-9-10-21(25(30)15-20)16-31-11-12-32-28(36)22(17-39)13-19-5-4-6-23(29)14-19/h2-10,14-15,18,22,31,34,39H,11-13,16-17H2,1H3,(H,32,36)(H,33,35)/t18-,22+/m0/s1. The SMILES string of the molecule is C[C@H](O)C(=O)NS(=O)(=O)c1ccccc1-c1ccc(CNCCNC(=O)[C@@H](CS)Cc2cccc(Cl)c2)c(F)c1. The number of hydrogen-bond acceptors (Lipinski definition) is 7. The van der Waals surface area contributed by atoms with E-state index in [2.05, 4.69) is 23.3 Å². The van der Waals surface area contributed by atoms with Gasteiger partial charge in [-0.15, -0.1) is 0 Å². The van der Waals surface area contributed by atoms with E-state index in [9.17, 15) is 27.5 Å². The highest BCUT2D eigenvalue weighted by Crippen LogP contribution is 2.28. The summed E-state index contributed by atoms with van der Waals surface area (Å²) in [4.78, 5) is 24.1. The number of nitrogens with one attached hydrogen (secondary N) is 3. The normalized spacial score (nSPS) is 12.9. The smallest absolute Gasteiger partial charge is 0.264 e. The third-order valence-corrected chi connectivity index (χ3v) is 8.11. The lowest BCUT2D eigenvalue weighted by Crippen LogP contribution is -2.37. The van der Waals surface area contributed by atoms with Crippen LogP contribution in [0.4, 0.5) is 4.39 Å². The number of hydrogen-bond donors (Lipinski definition) is 5. The van der Waals surface area contributed by atoms with Crippen molar-refractivity contribution in [2.75, 3.05) is 18.8 Å². The second-order valence-electron chi connectivity index (χ2n) is 9.13. The summed E-state index contributed by atoms with van der Waals surface area (Å²) >= 11 is 10.3. The quantitative estimate of drug-likeness (QED) is 0.150. The molecule has 0 unspecified atom stereocenters. The van der Waals surface area contributed by atoms with Gasteiger partial charge in [-0.3, -0.25) is 9.59 Å². The van der Waals surface area contributed by atoms with Gasteiger partial charge in [0.2, 0.25) is 5.91 Å². The predicted molar refractivity (Wildman–Crippen MR) is 156 cm³/mol. The number of aliphatic hydroxyl groups excluding tert-OH is 1. The van der Waals surface area contributed by atoms with Crippen LogP contribution in [-0.2, 0) is 32.6 Å². The molecule has 0 radical (unpaired) electrons. The van der Waals surface area contributed by atoms with Crippen LogP contribution in [-0.4, -0.2) is 50.3 Å². The Morgan fingerprint density at radius 2 is 1.77 bits per heavy atom.